The zero-order valence-corrected chi connectivity index (χ0v) is 12.4. The normalized spacial score (nSPS) is 12.1. The number of alkyl halides is 3. The van der Waals surface area contributed by atoms with Crippen LogP contribution in [0.2, 0.25) is 0 Å². The number of aromatic nitrogens is 3. The van der Waals surface area contributed by atoms with Crippen molar-refractivity contribution in [3.05, 3.63) is 36.0 Å². The van der Waals surface area contributed by atoms with Gasteiger partial charge in [0.05, 0.1) is 17.4 Å². The van der Waals surface area contributed by atoms with Gasteiger partial charge in [-0.25, -0.2) is 0 Å². The largest absolute Gasteiger partial charge is 0.418 e. The van der Waals surface area contributed by atoms with E-state index < -0.39 is 11.7 Å². The van der Waals surface area contributed by atoms with E-state index in [1.807, 2.05) is 20.8 Å². The van der Waals surface area contributed by atoms with Crippen LogP contribution in [0.5, 0.6) is 0 Å². The highest BCUT2D eigenvalue weighted by molar-refractivity contribution is 5.61. The third-order valence-corrected chi connectivity index (χ3v) is 2.54. The predicted molar refractivity (Wildman–Crippen MR) is 77.9 cm³/mol. The molecule has 2 rings (SSSR count). The van der Waals surface area contributed by atoms with Crippen LogP contribution >= 0.6 is 0 Å². The van der Waals surface area contributed by atoms with Crippen LogP contribution in [0.25, 0.3) is 0 Å². The van der Waals surface area contributed by atoms with Gasteiger partial charge in [-0.15, -0.1) is 5.10 Å². The van der Waals surface area contributed by atoms with Gasteiger partial charge in [0, 0.05) is 5.54 Å². The SMILES string of the molecule is CC(C)(C)Nc1nncc(Nc2ccccc2C(F)(F)F)n1. The Hall–Kier alpha value is -2.38. The average molecular weight is 311 g/mol. The number of benzene rings is 1. The van der Waals surface area contributed by atoms with E-state index in [2.05, 4.69) is 25.8 Å². The van der Waals surface area contributed by atoms with Crippen LogP contribution in [0.4, 0.5) is 30.6 Å². The zero-order chi connectivity index (χ0) is 16.4. The highest BCUT2D eigenvalue weighted by Gasteiger charge is 2.33. The van der Waals surface area contributed by atoms with Crippen molar-refractivity contribution in [2.45, 2.75) is 32.5 Å². The van der Waals surface area contributed by atoms with Crippen molar-refractivity contribution < 1.29 is 13.2 Å². The Labute approximate surface area is 126 Å². The van der Waals surface area contributed by atoms with Crippen LogP contribution in [0, 0.1) is 0 Å². The number of para-hydroxylation sites is 1. The average Bonchev–Trinajstić information content (AvgIpc) is 2.36. The zero-order valence-electron chi connectivity index (χ0n) is 12.4. The van der Waals surface area contributed by atoms with E-state index in [4.69, 9.17) is 0 Å². The van der Waals surface area contributed by atoms with Crippen LogP contribution in [0.15, 0.2) is 30.5 Å². The predicted octanol–water partition coefficient (Wildman–Crippen LogP) is 3.84. The molecule has 22 heavy (non-hydrogen) atoms. The minimum absolute atomic E-state index is 0.0859. The van der Waals surface area contributed by atoms with Gasteiger partial charge < -0.3 is 10.6 Å². The van der Waals surface area contributed by atoms with Gasteiger partial charge in [0.25, 0.3) is 0 Å². The molecule has 0 fully saturated rings. The van der Waals surface area contributed by atoms with Crippen LogP contribution in [-0.4, -0.2) is 20.7 Å². The minimum atomic E-state index is -4.45. The monoisotopic (exact) mass is 311 g/mol. The molecule has 0 bridgehead atoms. The molecule has 2 N–H and O–H groups in total. The molecule has 0 atom stereocenters. The lowest BCUT2D eigenvalue weighted by Gasteiger charge is -2.20. The molecule has 118 valence electrons. The molecule has 0 saturated heterocycles. The highest BCUT2D eigenvalue weighted by Crippen LogP contribution is 2.35. The summed E-state index contributed by atoms with van der Waals surface area (Å²) in [5, 5.41) is 13.2. The summed E-state index contributed by atoms with van der Waals surface area (Å²) in [6.07, 6.45) is -3.18. The van der Waals surface area contributed by atoms with Gasteiger partial charge in [0.1, 0.15) is 0 Å². The number of halogens is 3. The molecule has 5 nitrogen and oxygen atoms in total. The van der Waals surface area contributed by atoms with E-state index in [1.54, 1.807) is 0 Å². The molecule has 0 aliphatic rings. The maximum absolute atomic E-state index is 13.0. The van der Waals surface area contributed by atoms with E-state index in [0.29, 0.717) is 0 Å². The van der Waals surface area contributed by atoms with Gasteiger partial charge in [-0.3, -0.25) is 0 Å². The lowest BCUT2D eigenvalue weighted by Crippen LogP contribution is -2.27. The molecule has 0 radical (unpaired) electrons. The van der Waals surface area contributed by atoms with Crippen LogP contribution in [-0.2, 0) is 6.18 Å². The lowest BCUT2D eigenvalue weighted by molar-refractivity contribution is -0.136. The third kappa shape index (κ3) is 4.31. The first kappa shape index (κ1) is 16.0. The second-order valence-corrected chi connectivity index (χ2v) is 5.71. The van der Waals surface area contributed by atoms with Crippen LogP contribution < -0.4 is 10.6 Å². The van der Waals surface area contributed by atoms with Crippen LogP contribution in [0.3, 0.4) is 0 Å². The van der Waals surface area contributed by atoms with E-state index in [9.17, 15) is 13.2 Å². The molecule has 1 heterocycles. The van der Waals surface area contributed by atoms with Gasteiger partial charge in [-0.1, -0.05) is 12.1 Å². The van der Waals surface area contributed by atoms with E-state index in [1.165, 1.54) is 24.4 Å². The molecule has 0 unspecified atom stereocenters. The quantitative estimate of drug-likeness (QED) is 0.901. The smallest absolute Gasteiger partial charge is 0.348 e. The molecule has 0 aliphatic heterocycles. The first-order valence-electron chi connectivity index (χ1n) is 6.56. The number of hydrogen-bond acceptors (Lipinski definition) is 5. The summed E-state index contributed by atoms with van der Waals surface area (Å²) in [5.74, 6) is 0.417. The van der Waals surface area contributed by atoms with Crippen molar-refractivity contribution in [1.82, 2.24) is 15.2 Å². The minimum Gasteiger partial charge on any atom is -0.348 e. The molecular formula is C14H16F3N5. The molecular weight excluding hydrogens is 295 g/mol. The maximum atomic E-state index is 13.0. The molecule has 2 aromatic rings. The molecule has 0 amide bonds. The number of rotatable bonds is 3. The number of nitrogens with zero attached hydrogens (tertiary/aromatic N) is 3. The first-order chi connectivity index (χ1) is 10.1. The van der Waals surface area contributed by atoms with Crippen molar-refractivity contribution >= 4 is 17.5 Å². The second-order valence-electron chi connectivity index (χ2n) is 5.71. The Morgan fingerprint density at radius 1 is 1.05 bits per heavy atom. The number of hydrogen-bond donors (Lipinski definition) is 2. The van der Waals surface area contributed by atoms with Crippen molar-refractivity contribution in [1.29, 1.82) is 0 Å². The Morgan fingerprint density at radius 3 is 2.36 bits per heavy atom. The molecule has 0 aliphatic carbocycles. The Bertz CT molecular complexity index is 649. The van der Waals surface area contributed by atoms with Gasteiger partial charge in [-0.2, -0.15) is 23.3 Å². The summed E-state index contributed by atoms with van der Waals surface area (Å²) in [7, 11) is 0. The molecule has 1 aromatic heterocycles. The Morgan fingerprint density at radius 2 is 1.73 bits per heavy atom. The number of nitrogens with one attached hydrogen (secondary N) is 2. The summed E-state index contributed by atoms with van der Waals surface area (Å²) in [6, 6.07) is 5.19. The van der Waals surface area contributed by atoms with E-state index in [0.717, 1.165) is 6.07 Å². The number of anilines is 3. The summed E-state index contributed by atoms with van der Waals surface area (Å²) in [6.45, 7) is 5.74. The van der Waals surface area contributed by atoms with Gasteiger partial charge in [0.15, 0.2) is 5.82 Å². The summed E-state index contributed by atoms with van der Waals surface area (Å²) in [5.41, 5.74) is -1.14. The fourth-order valence-electron chi connectivity index (χ4n) is 1.73. The highest BCUT2D eigenvalue weighted by atomic mass is 19.4. The topological polar surface area (TPSA) is 62.7 Å². The second kappa shape index (κ2) is 5.78. The molecule has 1 aromatic carbocycles. The Kier molecular flexibility index (Phi) is 4.20. The fourth-order valence-corrected chi connectivity index (χ4v) is 1.73. The van der Waals surface area contributed by atoms with E-state index in [-0.39, 0.29) is 23.0 Å². The lowest BCUT2D eigenvalue weighted by atomic mass is 10.1. The standard InChI is InChI=1S/C14H16F3N5/c1-13(2,3)21-12-20-11(8-18-22-12)19-10-7-5-4-6-9(10)14(15,16)17/h4-8H,1-3H3,(H2,19,20,21,22). The van der Waals surface area contributed by atoms with Crippen molar-refractivity contribution in [3.8, 4) is 0 Å². The van der Waals surface area contributed by atoms with Crippen molar-refractivity contribution in [2.24, 2.45) is 0 Å². The van der Waals surface area contributed by atoms with Crippen LogP contribution in [0.1, 0.15) is 26.3 Å². The fraction of sp³-hybridized carbons (Fsp3) is 0.357. The van der Waals surface area contributed by atoms with Crippen molar-refractivity contribution in [3.63, 3.8) is 0 Å². The molecule has 0 saturated carbocycles. The Balaban J connectivity index is 2.27. The summed E-state index contributed by atoms with van der Waals surface area (Å²) >= 11 is 0. The van der Waals surface area contributed by atoms with E-state index >= 15 is 0 Å². The summed E-state index contributed by atoms with van der Waals surface area (Å²) < 4.78 is 38.9. The van der Waals surface area contributed by atoms with Gasteiger partial charge in [-0.05, 0) is 32.9 Å². The first-order valence-corrected chi connectivity index (χ1v) is 6.56. The third-order valence-electron chi connectivity index (χ3n) is 2.54. The van der Waals surface area contributed by atoms with Crippen molar-refractivity contribution in [2.75, 3.05) is 10.6 Å². The molecule has 0 spiro atoms. The maximum Gasteiger partial charge on any atom is 0.418 e. The molecule has 8 heteroatoms. The van der Waals surface area contributed by atoms with Gasteiger partial charge >= 0.3 is 6.18 Å². The van der Waals surface area contributed by atoms with Gasteiger partial charge in [0.2, 0.25) is 5.95 Å². The summed E-state index contributed by atoms with van der Waals surface area (Å²) in [4.78, 5) is 4.11.